The van der Waals surface area contributed by atoms with Gasteiger partial charge in [0.25, 0.3) is 0 Å². The minimum Gasteiger partial charge on any atom is -0.481 e. The Balaban J connectivity index is 2.71. The van der Waals surface area contributed by atoms with Crippen molar-refractivity contribution in [1.29, 1.82) is 0 Å². The summed E-state index contributed by atoms with van der Waals surface area (Å²) in [6.45, 7) is 4.03. The zero-order valence-electron chi connectivity index (χ0n) is 10.8. The summed E-state index contributed by atoms with van der Waals surface area (Å²) in [7, 11) is 0. The van der Waals surface area contributed by atoms with Gasteiger partial charge in [-0.1, -0.05) is 23.3 Å². The topological polar surface area (TPSA) is 74.6 Å². The van der Waals surface area contributed by atoms with Crippen LogP contribution < -0.4 is 0 Å². The van der Waals surface area contributed by atoms with Gasteiger partial charge in [-0.3, -0.25) is 9.59 Å². The second kappa shape index (κ2) is 6.38. The van der Waals surface area contributed by atoms with Crippen molar-refractivity contribution in [3.05, 3.63) is 23.3 Å². The third kappa shape index (κ3) is 4.02. The standard InChI is InChI=1S/C14H20O4/c1-9(2)4-3-5-10-6-7-11(13(15)16)12(8-10)14(17)18/h4-5,11-12H,3,6-8H2,1-2H3,(H,15,16)(H,17,18). The molecule has 1 saturated carbocycles. The van der Waals surface area contributed by atoms with Gasteiger partial charge < -0.3 is 10.2 Å². The summed E-state index contributed by atoms with van der Waals surface area (Å²) in [6.07, 6.45) is 6.38. The lowest BCUT2D eigenvalue weighted by molar-refractivity contribution is -0.154. The Morgan fingerprint density at radius 2 is 1.83 bits per heavy atom. The number of rotatable bonds is 4. The summed E-state index contributed by atoms with van der Waals surface area (Å²) in [5, 5.41) is 18.1. The molecule has 0 amide bonds. The third-order valence-corrected chi connectivity index (χ3v) is 3.31. The van der Waals surface area contributed by atoms with E-state index in [1.165, 1.54) is 5.57 Å². The largest absolute Gasteiger partial charge is 0.481 e. The summed E-state index contributed by atoms with van der Waals surface area (Å²) in [5.74, 6) is -3.53. The van der Waals surface area contributed by atoms with E-state index in [4.69, 9.17) is 10.2 Å². The molecule has 1 fully saturated rings. The number of carboxylic acid groups (broad SMARTS) is 2. The lowest BCUT2D eigenvalue weighted by atomic mass is 9.76. The van der Waals surface area contributed by atoms with Crippen LogP contribution in [0.5, 0.6) is 0 Å². The molecule has 4 heteroatoms. The molecule has 2 atom stereocenters. The Labute approximate surface area is 107 Å². The molecule has 0 heterocycles. The highest BCUT2D eigenvalue weighted by Crippen LogP contribution is 2.34. The number of hydrogen-bond acceptors (Lipinski definition) is 2. The molecule has 0 bridgehead atoms. The average Bonchev–Trinajstić information content (AvgIpc) is 2.28. The molecule has 1 rings (SSSR count). The molecule has 1 aliphatic rings. The van der Waals surface area contributed by atoms with E-state index >= 15 is 0 Å². The van der Waals surface area contributed by atoms with Crippen LogP contribution in [0.4, 0.5) is 0 Å². The van der Waals surface area contributed by atoms with E-state index in [9.17, 15) is 9.59 Å². The first kappa shape index (κ1) is 14.5. The molecule has 4 nitrogen and oxygen atoms in total. The molecule has 100 valence electrons. The smallest absolute Gasteiger partial charge is 0.307 e. The normalized spacial score (nSPS) is 25.8. The maximum absolute atomic E-state index is 11.1. The summed E-state index contributed by atoms with van der Waals surface area (Å²) >= 11 is 0. The van der Waals surface area contributed by atoms with Crippen molar-refractivity contribution >= 4 is 11.9 Å². The number of allylic oxidation sites excluding steroid dienone is 4. The third-order valence-electron chi connectivity index (χ3n) is 3.31. The molecule has 0 aromatic rings. The first-order chi connectivity index (χ1) is 8.41. The molecule has 0 aromatic heterocycles. The number of hydrogen-bond donors (Lipinski definition) is 2. The van der Waals surface area contributed by atoms with Gasteiger partial charge in [0.2, 0.25) is 0 Å². The van der Waals surface area contributed by atoms with Crippen molar-refractivity contribution in [2.24, 2.45) is 11.8 Å². The monoisotopic (exact) mass is 252 g/mol. The van der Waals surface area contributed by atoms with Gasteiger partial charge in [-0.2, -0.15) is 0 Å². The van der Waals surface area contributed by atoms with Gasteiger partial charge in [-0.15, -0.1) is 0 Å². The van der Waals surface area contributed by atoms with Crippen LogP contribution in [0.15, 0.2) is 23.3 Å². The Kier molecular flexibility index (Phi) is 5.13. The maximum Gasteiger partial charge on any atom is 0.307 e. The van der Waals surface area contributed by atoms with Crippen LogP contribution in [0, 0.1) is 11.8 Å². The highest BCUT2D eigenvalue weighted by molar-refractivity contribution is 5.80. The number of carbonyl (C=O) groups is 2. The minimum absolute atomic E-state index is 0.364. The summed E-state index contributed by atoms with van der Waals surface area (Å²) < 4.78 is 0. The summed E-state index contributed by atoms with van der Waals surface area (Å²) in [4.78, 5) is 22.1. The molecular weight excluding hydrogens is 232 g/mol. The van der Waals surface area contributed by atoms with E-state index in [-0.39, 0.29) is 0 Å². The molecule has 0 aromatic carbocycles. The first-order valence-electron chi connectivity index (χ1n) is 6.18. The molecule has 0 radical (unpaired) electrons. The zero-order valence-corrected chi connectivity index (χ0v) is 10.8. The fourth-order valence-corrected chi connectivity index (χ4v) is 2.27. The van der Waals surface area contributed by atoms with Crippen LogP contribution in [0.3, 0.4) is 0 Å². The van der Waals surface area contributed by atoms with E-state index in [2.05, 4.69) is 6.08 Å². The van der Waals surface area contributed by atoms with Crippen molar-refractivity contribution in [1.82, 2.24) is 0 Å². The lowest BCUT2D eigenvalue weighted by Gasteiger charge is -2.27. The summed E-state index contributed by atoms with van der Waals surface area (Å²) in [5.41, 5.74) is 2.29. The number of carboxylic acids is 2. The zero-order chi connectivity index (χ0) is 13.7. The first-order valence-corrected chi connectivity index (χ1v) is 6.18. The quantitative estimate of drug-likeness (QED) is 0.754. The van der Waals surface area contributed by atoms with Crippen LogP contribution in [0.1, 0.15) is 39.5 Å². The fraction of sp³-hybridized carbons (Fsp3) is 0.571. The van der Waals surface area contributed by atoms with Crippen LogP contribution >= 0.6 is 0 Å². The highest BCUT2D eigenvalue weighted by Gasteiger charge is 2.37. The second-order valence-corrected chi connectivity index (χ2v) is 5.01. The van der Waals surface area contributed by atoms with Crippen LogP contribution in [0.2, 0.25) is 0 Å². The Morgan fingerprint density at radius 1 is 1.22 bits per heavy atom. The molecule has 2 unspecified atom stereocenters. The minimum atomic E-state index is -1.00. The van der Waals surface area contributed by atoms with Crippen LogP contribution in [-0.2, 0) is 9.59 Å². The molecule has 0 aliphatic heterocycles. The molecular formula is C14H20O4. The van der Waals surface area contributed by atoms with Gasteiger partial charge in [0, 0.05) is 0 Å². The Morgan fingerprint density at radius 3 is 2.33 bits per heavy atom. The molecule has 2 N–H and O–H groups in total. The predicted molar refractivity (Wildman–Crippen MR) is 68.2 cm³/mol. The molecule has 0 saturated heterocycles. The highest BCUT2D eigenvalue weighted by atomic mass is 16.4. The van der Waals surface area contributed by atoms with E-state index in [0.29, 0.717) is 19.3 Å². The van der Waals surface area contributed by atoms with Gasteiger partial charge in [-0.25, -0.2) is 0 Å². The average molecular weight is 252 g/mol. The van der Waals surface area contributed by atoms with Gasteiger partial charge in [-0.05, 0) is 39.5 Å². The van der Waals surface area contributed by atoms with Crippen molar-refractivity contribution in [3.63, 3.8) is 0 Å². The van der Waals surface area contributed by atoms with Crippen molar-refractivity contribution < 1.29 is 19.8 Å². The van der Waals surface area contributed by atoms with E-state index in [1.54, 1.807) is 0 Å². The SMILES string of the molecule is CC(C)=CCC=C1CCC(C(=O)O)C(C(=O)O)C1. The molecule has 1 aliphatic carbocycles. The van der Waals surface area contributed by atoms with E-state index in [0.717, 1.165) is 12.0 Å². The van der Waals surface area contributed by atoms with Gasteiger partial charge in [0.15, 0.2) is 0 Å². The van der Waals surface area contributed by atoms with Gasteiger partial charge in [0.05, 0.1) is 11.8 Å². The van der Waals surface area contributed by atoms with E-state index in [1.807, 2.05) is 19.9 Å². The van der Waals surface area contributed by atoms with Crippen LogP contribution in [-0.4, -0.2) is 22.2 Å². The Bertz CT molecular complexity index is 389. The van der Waals surface area contributed by atoms with Crippen LogP contribution in [0.25, 0.3) is 0 Å². The predicted octanol–water partition coefficient (Wildman–Crippen LogP) is 2.85. The van der Waals surface area contributed by atoms with Crippen molar-refractivity contribution in [2.75, 3.05) is 0 Å². The van der Waals surface area contributed by atoms with Crippen molar-refractivity contribution in [2.45, 2.75) is 39.5 Å². The summed E-state index contributed by atoms with van der Waals surface area (Å²) in [6, 6.07) is 0. The lowest BCUT2D eigenvalue weighted by Crippen LogP contribution is -2.33. The van der Waals surface area contributed by atoms with Gasteiger partial charge >= 0.3 is 11.9 Å². The Hall–Kier alpha value is -1.58. The van der Waals surface area contributed by atoms with E-state index < -0.39 is 23.8 Å². The fourth-order valence-electron chi connectivity index (χ4n) is 2.27. The maximum atomic E-state index is 11.1. The second-order valence-electron chi connectivity index (χ2n) is 5.01. The number of aliphatic carboxylic acids is 2. The molecule has 18 heavy (non-hydrogen) atoms. The van der Waals surface area contributed by atoms with Crippen molar-refractivity contribution in [3.8, 4) is 0 Å². The molecule has 0 spiro atoms. The van der Waals surface area contributed by atoms with Gasteiger partial charge in [0.1, 0.15) is 0 Å².